The molecule has 1 aromatic carbocycles. The van der Waals surface area contributed by atoms with Crippen LogP contribution in [-0.4, -0.2) is 25.7 Å². The number of amides is 1. The Morgan fingerprint density at radius 1 is 1.42 bits per heavy atom. The van der Waals surface area contributed by atoms with E-state index in [4.69, 9.17) is 15.3 Å². The van der Waals surface area contributed by atoms with Crippen LogP contribution in [0, 0.1) is 6.92 Å². The van der Waals surface area contributed by atoms with Crippen LogP contribution in [0.2, 0.25) is 0 Å². The predicted octanol–water partition coefficient (Wildman–Crippen LogP) is 1.50. The van der Waals surface area contributed by atoms with Crippen molar-refractivity contribution in [3.63, 3.8) is 0 Å². The van der Waals surface area contributed by atoms with Crippen molar-refractivity contribution >= 4 is 5.91 Å². The summed E-state index contributed by atoms with van der Waals surface area (Å²) in [5, 5.41) is 0. The highest BCUT2D eigenvalue weighted by Gasteiger charge is 2.20. The van der Waals surface area contributed by atoms with Gasteiger partial charge < -0.3 is 9.47 Å². The fourth-order valence-corrected chi connectivity index (χ4v) is 1.66. The lowest BCUT2D eigenvalue weighted by atomic mass is 10.0. The van der Waals surface area contributed by atoms with Gasteiger partial charge in [-0.1, -0.05) is 26.0 Å². The molecule has 0 aromatic heterocycles. The van der Waals surface area contributed by atoms with E-state index in [0.717, 1.165) is 11.1 Å². The summed E-state index contributed by atoms with van der Waals surface area (Å²) in [7, 11) is 1.51. The maximum atomic E-state index is 11.6. The van der Waals surface area contributed by atoms with E-state index >= 15 is 0 Å². The molecule has 0 saturated carbocycles. The van der Waals surface area contributed by atoms with E-state index < -0.39 is 12.0 Å². The number of nitrogens with one attached hydrogen (secondary N) is 1. The average Bonchev–Trinajstić information content (AvgIpc) is 2.39. The van der Waals surface area contributed by atoms with Crippen LogP contribution in [0.25, 0.3) is 0 Å². The highest BCUT2D eigenvalue weighted by molar-refractivity contribution is 5.80. The second-order valence-corrected chi connectivity index (χ2v) is 4.75. The zero-order valence-electron chi connectivity index (χ0n) is 11.9. The van der Waals surface area contributed by atoms with E-state index in [0.29, 0.717) is 11.7 Å². The van der Waals surface area contributed by atoms with Gasteiger partial charge in [-0.25, -0.2) is 5.84 Å². The summed E-state index contributed by atoms with van der Waals surface area (Å²) in [6, 6.07) is 5.99. The molecule has 0 heterocycles. The minimum Gasteiger partial charge on any atom is -0.478 e. The first-order chi connectivity index (χ1) is 8.99. The molecule has 0 aliphatic carbocycles. The minimum absolute atomic E-state index is 0.147. The Hall–Kier alpha value is -1.59. The van der Waals surface area contributed by atoms with Crippen LogP contribution in [0.3, 0.4) is 0 Å². The third kappa shape index (κ3) is 4.22. The van der Waals surface area contributed by atoms with E-state index in [9.17, 15) is 4.79 Å². The van der Waals surface area contributed by atoms with Crippen molar-refractivity contribution in [2.24, 2.45) is 5.84 Å². The Labute approximate surface area is 114 Å². The van der Waals surface area contributed by atoms with Gasteiger partial charge in [0.15, 0.2) is 0 Å². The lowest BCUT2D eigenvalue weighted by molar-refractivity contribution is -0.130. The standard InChI is InChI=1S/C14H22N2O3/c1-9(2)11-6-5-10(3)12(7-11)19-13(8-18-4)14(17)16-15/h5-7,9,13H,8,15H2,1-4H3,(H,16,17). The van der Waals surface area contributed by atoms with Gasteiger partial charge in [-0.05, 0) is 30.0 Å². The molecule has 0 bridgehead atoms. The Bertz CT molecular complexity index is 433. The lowest BCUT2D eigenvalue weighted by Gasteiger charge is -2.19. The van der Waals surface area contributed by atoms with Gasteiger partial charge in [-0.3, -0.25) is 10.2 Å². The first-order valence-electron chi connectivity index (χ1n) is 6.26. The lowest BCUT2D eigenvalue weighted by Crippen LogP contribution is -2.44. The molecule has 19 heavy (non-hydrogen) atoms. The Morgan fingerprint density at radius 3 is 2.63 bits per heavy atom. The van der Waals surface area contributed by atoms with Gasteiger partial charge in [0.25, 0.3) is 5.91 Å². The van der Waals surface area contributed by atoms with Gasteiger partial charge in [0, 0.05) is 7.11 Å². The van der Waals surface area contributed by atoms with Crippen LogP contribution in [0.5, 0.6) is 5.75 Å². The van der Waals surface area contributed by atoms with Crippen LogP contribution < -0.4 is 16.0 Å². The molecule has 0 aliphatic heterocycles. The summed E-state index contributed by atoms with van der Waals surface area (Å²) >= 11 is 0. The van der Waals surface area contributed by atoms with Crippen LogP contribution in [0.1, 0.15) is 30.9 Å². The topological polar surface area (TPSA) is 73.6 Å². The van der Waals surface area contributed by atoms with Crippen LogP contribution in [-0.2, 0) is 9.53 Å². The zero-order chi connectivity index (χ0) is 14.4. The van der Waals surface area contributed by atoms with Crippen molar-refractivity contribution in [1.82, 2.24) is 5.43 Å². The number of carbonyl (C=O) groups excluding carboxylic acids is 1. The number of carbonyl (C=O) groups is 1. The normalized spacial score (nSPS) is 12.3. The first kappa shape index (κ1) is 15.5. The molecule has 0 aliphatic rings. The van der Waals surface area contributed by atoms with Gasteiger partial charge in [0.05, 0.1) is 6.61 Å². The van der Waals surface area contributed by atoms with Crippen molar-refractivity contribution in [3.8, 4) is 5.75 Å². The maximum absolute atomic E-state index is 11.6. The van der Waals surface area contributed by atoms with E-state index in [2.05, 4.69) is 25.3 Å². The first-order valence-corrected chi connectivity index (χ1v) is 6.26. The van der Waals surface area contributed by atoms with Crippen LogP contribution in [0.15, 0.2) is 18.2 Å². The number of hydrogen-bond donors (Lipinski definition) is 2. The van der Waals surface area contributed by atoms with Crippen molar-refractivity contribution in [2.45, 2.75) is 32.8 Å². The van der Waals surface area contributed by atoms with E-state index in [1.54, 1.807) is 0 Å². The molecule has 3 N–H and O–H groups in total. The molecule has 106 valence electrons. The summed E-state index contributed by atoms with van der Waals surface area (Å²) in [5.74, 6) is 5.80. The summed E-state index contributed by atoms with van der Waals surface area (Å²) in [6.07, 6.45) is -0.754. The zero-order valence-corrected chi connectivity index (χ0v) is 11.9. The van der Waals surface area contributed by atoms with Crippen LogP contribution >= 0.6 is 0 Å². The molecule has 0 saturated heterocycles. The molecular weight excluding hydrogens is 244 g/mol. The number of methoxy groups -OCH3 is 1. The molecule has 1 amide bonds. The number of nitrogens with two attached hydrogens (primary N) is 1. The van der Waals surface area contributed by atoms with Crippen molar-refractivity contribution in [3.05, 3.63) is 29.3 Å². The van der Waals surface area contributed by atoms with E-state index in [-0.39, 0.29) is 6.61 Å². The number of ether oxygens (including phenoxy) is 2. The average molecular weight is 266 g/mol. The number of rotatable bonds is 6. The highest BCUT2D eigenvalue weighted by atomic mass is 16.5. The molecule has 0 fully saturated rings. The number of hydrogen-bond acceptors (Lipinski definition) is 4. The summed E-state index contributed by atoms with van der Waals surface area (Å²) in [4.78, 5) is 11.6. The SMILES string of the molecule is COCC(Oc1cc(C(C)C)ccc1C)C(=O)NN. The second kappa shape index (κ2) is 7.11. The second-order valence-electron chi connectivity index (χ2n) is 4.75. The van der Waals surface area contributed by atoms with Crippen molar-refractivity contribution in [1.29, 1.82) is 0 Å². The van der Waals surface area contributed by atoms with Gasteiger partial charge in [-0.2, -0.15) is 0 Å². The maximum Gasteiger partial charge on any atom is 0.277 e. The van der Waals surface area contributed by atoms with E-state index in [1.807, 2.05) is 19.1 Å². The Balaban J connectivity index is 2.94. The number of benzene rings is 1. The van der Waals surface area contributed by atoms with Crippen LogP contribution in [0.4, 0.5) is 0 Å². The van der Waals surface area contributed by atoms with Crippen molar-refractivity contribution in [2.75, 3.05) is 13.7 Å². The molecule has 0 spiro atoms. The molecule has 5 nitrogen and oxygen atoms in total. The van der Waals surface area contributed by atoms with Gasteiger partial charge >= 0.3 is 0 Å². The Morgan fingerprint density at radius 2 is 2.11 bits per heavy atom. The third-order valence-corrected chi connectivity index (χ3v) is 2.90. The van der Waals surface area contributed by atoms with Gasteiger partial charge in [0.2, 0.25) is 6.10 Å². The molecule has 5 heteroatoms. The predicted molar refractivity (Wildman–Crippen MR) is 73.9 cm³/mol. The van der Waals surface area contributed by atoms with Crippen molar-refractivity contribution < 1.29 is 14.3 Å². The molecular formula is C14H22N2O3. The summed E-state index contributed by atoms with van der Waals surface area (Å²) in [5.41, 5.74) is 4.21. The quantitative estimate of drug-likeness (QED) is 0.465. The number of aryl methyl sites for hydroxylation is 1. The minimum atomic E-state index is -0.754. The third-order valence-electron chi connectivity index (χ3n) is 2.90. The van der Waals surface area contributed by atoms with Gasteiger partial charge in [0.1, 0.15) is 5.75 Å². The molecule has 1 unspecified atom stereocenters. The van der Waals surface area contributed by atoms with E-state index in [1.165, 1.54) is 7.11 Å². The molecule has 0 radical (unpaired) electrons. The fourth-order valence-electron chi connectivity index (χ4n) is 1.66. The fraction of sp³-hybridized carbons (Fsp3) is 0.500. The molecule has 1 atom stereocenters. The molecule has 1 rings (SSSR count). The Kier molecular flexibility index (Phi) is 5.79. The number of hydrazine groups is 1. The summed E-state index contributed by atoms with van der Waals surface area (Å²) in [6.45, 7) is 6.29. The highest BCUT2D eigenvalue weighted by Crippen LogP contribution is 2.25. The monoisotopic (exact) mass is 266 g/mol. The summed E-state index contributed by atoms with van der Waals surface area (Å²) < 4.78 is 10.7. The van der Waals surface area contributed by atoms with Gasteiger partial charge in [-0.15, -0.1) is 0 Å². The smallest absolute Gasteiger partial charge is 0.277 e. The largest absolute Gasteiger partial charge is 0.478 e. The molecule has 1 aromatic rings.